The number of H-pyrrole nitrogens is 1. The average molecular weight is 199 g/mol. The van der Waals surface area contributed by atoms with Crippen LogP contribution in [0.25, 0.3) is 0 Å². The van der Waals surface area contributed by atoms with Gasteiger partial charge in [0.15, 0.2) is 5.69 Å². The van der Waals surface area contributed by atoms with Gasteiger partial charge in [-0.25, -0.2) is 0 Å². The molecule has 2 atom stereocenters. The molecule has 78 valence electrons. The molecule has 0 radical (unpaired) electrons. The molecule has 1 aromatic rings. The summed E-state index contributed by atoms with van der Waals surface area (Å²) in [6.07, 6.45) is 0.649. The second-order valence-electron chi connectivity index (χ2n) is 2.97. The van der Waals surface area contributed by atoms with Gasteiger partial charge < -0.3 is 16.2 Å². The number of nitrogens with two attached hydrogens (primary N) is 1. The molecule has 0 aliphatic heterocycles. The zero-order chi connectivity index (χ0) is 10.6. The smallest absolute Gasteiger partial charge is 0.273 e. The minimum Gasteiger partial charge on any atom is -0.392 e. The summed E-state index contributed by atoms with van der Waals surface area (Å²) in [7, 11) is 0. The summed E-state index contributed by atoms with van der Waals surface area (Å²) < 4.78 is 0. The molecular weight excluding hydrogens is 186 g/mol. The molecule has 0 aromatic carbocycles. The van der Waals surface area contributed by atoms with Gasteiger partial charge in [0.05, 0.1) is 12.3 Å². The maximum absolute atomic E-state index is 11.3. The van der Waals surface area contributed by atoms with Gasteiger partial charge in [-0.2, -0.15) is 15.4 Å². The standard InChI is InChI=1S/C7H13N5O2/c1-4(13)5(8)2-9-7(14)6-3-10-12-11-6/h3-5,13H,2,8H2,1H3,(H,9,14)(H,10,11,12). The maximum atomic E-state index is 11.3. The lowest BCUT2D eigenvalue weighted by atomic mass is 10.2. The Morgan fingerprint density at radius 1 is 1.86 bits per heavy atom. The van der Waals surface area contributed by atoms with E-state index in [1.54, 1.807) is 6.92 Å². The van der Waals surface area contributed by atoms with E-state index >= 15 is 0 Å². The third-order valence-corrected chi connectivity index (χ3v) is 1.77. The van der Waals surface area contributed by atoms with Crippen molar-refractivity contribution in [2.75, 3.05) is 6.54 Å². The summed E-state index contributed by atoms with van der Waals surface area (Å²) in [6.45, 7) is 1.76. The van der Waals surface area contributed by atoms with Gasteiger partial charge in [0.2, 0.25) is 0 Å². The first-order chi connectivity index (χ1) is 6.61. The predicted octanol–water partition coefficient (Wildman–Crippen LogP) is -1.76. The van der Waals surface area contributed by atoms with Crippen molar-refractivity contribution in [3.63, 3.8) is 0 Å². The summed E-state index contributed by atoms with van der Waals surface area (Å²) in [4.78, 5) is 11.3. The van der Waals surface area contributed by atoms with E-state index in [2.05, 4.69) is 20.7 Å². The molecule has 0 aliphatic carbocycles. The molecule has 1 amide bonds. The number of nitrogens with one attached hydrogen (secondary N) is 2. The Kier molecular flexibility index (Phi) is 3.55. The van der Waals surface area contributed by atoms with Crippen LogP contribution in [0.3, 0.4) is 0 Å². The molecule has 7 nitrogen and oxygen atoms in total. The Balaban J connectivity index is 2.36. The number of nitrogens with zero attached hydrogens (tertiary/aromatic N) is 2. The molecule has 7 heteroatoms. The Labute approximate surface area is 80.7 Å². The van der Waals surface area contributed by atoms with Crippen LogP contribution in [0.1, 0.15) is 17.4 Å². The minimum absolute atomic E-state index is 0.197. The highest BCUT2D eigenvalue weighted by Crippen LogP contribution is 1.90. The number of carbonyl (C=O) groups excluding carboxylic acids is 1. The first-order valence-corrected chi connectivity index (χ1v) is 4.19. The summed E-state index contributed by atoms with van der Waals surface area (Å²) in [5, 5.41) is 21.0. The monoisotopic (exact) mass is 199 g/mol. The number of hydrogen-bond acceptors (Lipinski definition) is 5. The van der Waals surface area contributed by atoms with Crippen molar-refractivity contribution in [1.29, 1.82) is 0 Å². The molecule has 0 saturated heterocycles. The van der Waals surface area contributed by atoms with Gasteiger partial charge in [-0.1, -0.05) is 0 Å². The highest BCUT2D eigenvalue weighted by molar-refractivity contribution is 5.91. The molecule has 1 aromatic heterocycles. The van der Waals surface area contributed by atoms with E-state index in [0.29, 0.717) is 0 Å². The number of aliphatic hydroxyl groups excluding tert-OH is 1. The predicted molar refractivity (Wildman–Crippen MR) is 48.4 cm³/mol. The first-order valence-electron chi connectivity index (χ1n) is 4.19. The molecule has 1 heterocycles. The third-order valence-electron chi connectivity index (χ3n) is 1.77. The number of aliphatic hydroxyl groups is 1. The second kappa shape index (κ2) is 4.68. The largest absolute Gasteiger partial charge is 0.392 e. The Hall–Kier alpha value is -1.47. The molecule has 0 bridgehead atoms. The van der Waals surface area contributed by atoms with E-state index in [4.69, 9.17) is 10.8 Å². The van der Waals surface area contributed by atoms with Crippen molar-refractivity contribution in [2.24, 2.45) is 5.73 Å². The zero-order valence-electron chi connectivity index (χ0n) is 7.77. The fourth-order valence-electron chi connectivity index (χ4n) is 0.783. The summed E-state index contributed by atoms with van der Waals surface area (Å²) >= 11 is 0. The van der Waals surface area contributed by atoms with Crippen molar-refractivity contribution in [3.05, 3.63) is 11.9 Å². The van der Waals surface area contributed by atoms with Crippen LogP contribution in [0.15, 0.2) is 6.20 Å². The van der Waals surface area contributed by atoms with Gasteiger partial charge in [0, 0.05) is 12.6 Å². The van der Waals surface area contributed by atoms with E-state index in [-0.39, 0.29) is 18.1 Å². The van der Waals surface area contributed by atoms with E-state index in [9.17, 15) is 4.79 Å². The molecule has 1 rings (SSSR count). The van der Waals surface area contributed by atoms with Crippen LogP contribution in [-0.4, -0.2) is 45.1 Å². The van der Waals surface area contributed by atoms with Gasteiger partial charge >= 0.3 is 0 Å². The lowest BCUT2D eigenvalue weighted by Crippen LogP contribution is -2.43. The van der Waals surface area contributed by atoms with Crippen LogP contribution in [0, 0.1) is 0 Å². The highest BCUT2D eigenvalue weighted by atomic mass is 16.3. The molecular formula is C7H13N5O2. The molecule has 0 spiro atoms. The Bertz CT molecular complexity index is 284. The second-order valence-corrected chi connectivity index (χ2v) is 2.97. The summed E-state index contributed by atoms with van der Waals surface area (Å²) in [6, 6.07) is -0.481. The van der Waals surface area contributed by atoms with Crippen LogP contribution in [0.2, 0.25) is 0 Å². The Morgan fingerprint density at radius 3 is 3.07 bits per heavy atom. The number of amides is 1. The van der Waals surface area contributed by atoms with Crippen LogP contribution in [0.5, 0.6) is 0 Å². The third kappa shape index (κ3) is 2.79. The normalized spacial score (nSPS) is 14.8. The number of aromatic nitrogens is 3. The van der Waals surface area contributed by atoms with Crippen LogP contribution in [-0.2, 0) is 0 Å². The van der Waals surface area contributed by atoms with Crippen molar-refractivity contribution < 1.29 is 9.90 Å². The summed E-state index contributed by atoms with van der Waals surface area (Å²) in [5.41, 5.74) is 5.71. The fourth-order valence-corrected chi connectivity index (χ4v) is 0.783. The molecule has 0 fully saturated rings. The number of carbonyl (C=O) groups is 1. The Morgan fingerprint density at radius 2 is 2.57 bits per heavy atom. The van der Waals surface area contributed by atoms with Gasteiger partial charge in [0.1, 0.15) is 0 Å². The van der Waals surface area contributed by atoms with Crippen molar-refractivity contribution in [1.82, 2.24) is 20.7 Å². The van der Waals surface area contributed by atoms with Crippen LogP contribution >= 0.6 is 0 Å². The molecule has 5 N–H and O–H groups in total. The SMILES string of the molecule is CC(O)C(N)CNC(=O)c1cn[nH]n1. The first kappa shape index (κ1) is 10.6. The lowest BCUT2D eigenvalue weighted by Gasteiger charge is -2.14. The highest BCUT2D eigenvalue weighted by Gasteiger charge is 2.12. The van der Waals surface area contributed by atoms with Gasteiger partial charge in [-0.15, -0.1) is 0 Å². The summed E-state index contributed by atoms with van der Waals surface area (Å²) in [5.74, 6) is -0.366. The molecule has 14 heavy (non-hydrogen) atoms. The van der Waals surface area contributed by atoms with E-state index in [1.165, 1.54) is 6.20 Å². The quantitative estimate of drug-likeness (QED) is 0.458. The molecule has 0 aliphatic rings. The zero-order valence-corrected chi connectivity index (χ0v) is 7.77. The van der Waals surface area contributed by atoms with Gasteiger partial charge in [-0.05, 0) is 6.92 Å². The molecule has 0 saturated carbocycles. The van der Waals surface area contributed by atoms with E-state index < -0.39 is 12.1 Å². The number of rotatable bonds is 4. The van der Waals surface area contributed by atoms with Crippen molar-refractivity contribution in [3.8, 4) is 0 Å². The average Bonchev–Trinajstić information content (AvgIpc) is 2.66. The van der Waals surface area contributed by atoms with Crippen LogP contribution in [0.4, 0.5) is 0 Å². The van der Waals surface area contributed by atoms with Gasteiger partial charge in [-0.3, -0.25) is 4.79 Å². The van der Waals surface area contributed by atoms with Crippen molar-refractivity contribution in [2.45, 2.75) is 19.1 Å². The topological polar surface area (TPSA) is 117 Å². The fraction of sp³-hybridized carbons (Fsp3) is 0.571. The van der Waals surface area contributed by atoms with E-state index in [1.807, 2.05) is 0 Å². The number of hydrogen-bond donors (Lipinski definition) is 4. The molecule has 2 unspecified atom stereocenters. The lowest BCUT2D eigenvalue weighted by molar-refractivity contribution is 0.0932. The van der Waals surface area contributed by atoms with Gasteiger partial charge in [0.25, 0.3) is 5.91 Å². The van der Waals surface area contributed by atoms with E-state index in [0.717, 1.165) is 0 Å². The number of aromatic amines is 1. The minimum atomic E-state index is -0.660. The maximum Gasteiger partial charge on any atom is 0.273 e. The van der Waals surface area contributed by atoms with Crippen LogP contribution < -0.4 is 11.1 Å². The van der Waals surface area contributed by atoms with Crippen molar-refractivity contribution >= 4 is 5.91 Å².